The Morgan fingerprint density at radius 3 is 2.11 bits per heavy atom. The zero-order valence-electron chi connectivity index (χ0n) is 20.0. The number of carboxylic acids is 1. The fourth-order valence-electron chi connectivity index (χ4n) is 3.71. The summed E-state index contributed by atoms with van der Waals surface area (Å²) < 4.78 is 5.29. The molecule has 36 heavy (non-hydrogen) atoms. The largest absolute Gasteiger partial charge is 0.497 e. The lowest BCUT2D eigenvalue weighted by Gasteiger charge is -2.21. The first-order valence-electron chi connectivity index (χ1n) is 11.0. The number of pyridine rings is 1. The molecule has 0 saturated heterocycles. The van der Waals surface area contributed by atoms with Gasteiger partial charge in [0.15, 0.2) is 0 Å². The number of ketones is 1. The standard InChI is InChI=1S/C28H24ClN3O4/c1-31(21-9-7-20(29)8-10-21)23-11-12-26(30-17-23)27(33)18-13-19(28(34)35)15-24(14-18)32(2)22-5-4-6-25(16-22)36-3/h4-17H,1-3H3,(H,34,35). The van der Waals surface area contributed by atoms with Gasteiger partial charge in [0.2, 0.25) is 5.78 Å². The number of rotatable bonds is 8. The number of ether oxygens (including phenoxy) is 1. The third-order valence-electron chi connectivity index (χ3n) is 5.84. The van der Waals surface area contributed by atoms with Crippen molar-refractivity contribution in [3.63, 3.8) is 0 Å². The van der Waals surface area contributed by atoms with Gasteiger partial charge in [0.25, 0.3) is 0 Å². The van der Waals surface area contributed by atoms with Crippen LogP contribution in [0.1, 0.15) is 26.4 Å². The van der Waals surface area contributed by atoms with E-state index in [9.17, 15) is 14.7 Å². The van der Waals surface area contributed by atoms with E-state index in [0.29, 0.717) is 16.5 Å². The first-order chi connectivity index (χ1) is 17.3. The normalized spacial score (nSPS) is 10.6. The minimum atomic E-state index is -1.13. The molecular weight excluding hydrogens is 478 g/mol. The van der Waals surface area contributed by atoms with Gasteiger partial charge in [-0.05, 0) is 66.7 Å². The molecule has 182 valence electrons. The number of hydrogen-bond acceptors (Lipinski definition) is 6. The van der Waals surface area contributed by atoms with Gasteiger partial charge in [0.05, 0.1) is 24.6 Å². The van der Waals surface area contributed by atoms with E-state index in [1.54, 1.807) is 55.6 Å². The highest BCUT2D eigenvalue weighted by molar-refractivity contribution is 6.30. The van der Waals surface area contributed by atoms with Crippen molar-refractivity contribution in [2.24, 2.45) is 0 Å². The SMILES string of the molecule is COc1cccc(N(C)c2cc(C(=O)O)cc(C(=O)c3ccc(N(C)c4ccc(Cl)cc4)cn3)c2)c1. The minimum Gasteiger partial charge on any atom is -0.497 e. The van der Waals surface area contributed by atoms with Crippen molar-refractivity contribution < 1.29 is 19.4 Å². The second-order valence-corrected chi connectivity index (χ2v) is 8.54. The van der Waals surface area contributed by atoms with Gasteiger partial charge in [-0.3, -0.25) is 9.78 Å². The van der Waals surface area contributed by atoms with Crippen LogP contribution in [0, 0.1) is 0 Å². The molecule has 8 heteroatoms. The van der Waals surface area contributed by atoms with Crippen LogP contribution >= 0.6 is 11.6 Å². The summed E-state index contributed by atoms with van der Waals surface area (Å²) in [5.41, 5.74) is 3.47. The number of hydrogen-bond donors (Lipinski definition) is 1. The fourth-order valence-corrected chi connectivity index (χ4v) is 3.83. The lowest BCUT2D eigenvalue weighted by Crippen LogP contribution is -2.14. The Morgan fingerprint density at radius 1 is 0.806 bits per heavy atom. The van der Waals surface area contributed by atoms with Crippen LogP contribution in [0.4, 0.5) is 22.7 Å². The number of carboxylic acid groups (broad SMARTS) is 1. The summed E-state index contributed by atoms with van der Waals surface area (Å²) in [5, 5.41) is 10.3. The number of carbonyl (C=O) groups excluding carboxylic acids is 1. The minimum absolute atomic E-state index is 0.00434. The van der Waals surface area contributed by atoms with Crippen LogP contribution < -0.4 is 14.5 Å². The molecule has 4 aromatic rings. The zero-order chi connectivity index (χ0) is 25.8. The molecule has 0 spiro atoms. The molecule has 7 nitrogen and oxygen atoms in total. The van der Waals surface area contributed by atoms with E-state index >= 15 is 0 Å². The van der Waals surface area contributed by atoms with Crippen LogP contribution in [-0.2, 0) is 0 Å². The molecule has 1 aromatic heterocycles. The molecule has 0 aliphatic carbocycles. The molecule has 0 radical (unpaired) electrons. The summed E-state index contributed by atoms with van der Waals surface area (Å²) >= 11 is 5.97. The van der Waals surface area contributed by atoms with Crippen molar-refractivity contribution in [1.82, 2.24) is 4.98 Å². The smallest absolute Gasteiger partial charge is 0.335 e. The third kappa shape index (κ3) is 5.31. The molecular formula is C28H24ClN3O4. The van der Waals surface area contributed by atoms with Gasteiger partial charge in [-0.2, -0.15) is 0 Å². The van der Waals surface area contributed by atoms with Gasteiger partial charge in [0, 0.05) is 47.8 Å². The van der Waals surface area contributed by atoms with Crippen molar-refractivity contribution in [1.29, 1.82) is 0 Å². The Hall–Kier alpha value is -4.36. The second-order valence-electron chi connectivity index (χ2n) is 8.10. The predicted molar refractivity (Wildman–Crippen MR) is 142 cm³/mol. The van der Waals surface area contributed by atoms with Crippen LogP contribution in [0.25, 0.3) is 0 Å². The van der Waals surface area contributed by atoms with Crippen LogP contribution in [0.2, 0.25) is 5.02 Å². The number of nitrogens with zero attached hydrogens (tertiary/aromatic N) is 3. The van der Waals surface area contributed by atoms with Crippen molar-refractivity contribution in [3.8, 4) is 5.75 Å². The van der Waals surface area contributed by atoms with Crippen LogP contribution in [0.15, 0.2) is 85.1 Å². The molecule has 0 atom stereocenters. The first-order valence-corrected chi connectivity index (χ1v) is 11.4. The maximum atomic E-state index is 13.3. The number of anilines is 4. The fraction of sp³-hybridized carbons (Fsp3) is 0.107. The van der Waals surface area contributed by atoms with E-state index in [-0.39, 0.29) is 22.6 Å². The molecule has 0 aliphatic heterocycles. The molecule has 0 saturated carbocycles. The monoisotopic (exact) mass is 501 g/mol. The Kier molecular flexibility index (Phi) is 7.22. The van der Waals surface area contributed by atoms with E-state index in [0.717, 1.165) is 17.1 Å². The van der Waals surface area contributed by atoms with Crippen molar-refractivity contribution in [3.05, 3.63) is 107 Å². The number of halogens is 1. The number of aromatic nitrogens is 1. The molecule has 0 unspecified atom stereocenters. The molecule has 3 aromatic carbocycles. The van der Waals surface area contributed by atoms with Gasteiger partial charge in [-0.25, -0.2) is 4.79 Å². The van der Waals surface area contributed by atoms with Crippen LogP contribution in [0.3, 0.4) is 0 Å². The van der Waals surface area contributed by atoms with E-state index in [1.807, 2.05) is 48.3 Å². The van der Waals surface area contributed by atoms with Gasteiger partial charge in [-0.15, -0.1) is 0 Å². The van der Waals surface area contributed by atoms with Crippen molar-refractivity contribution >= 4 is 46.1 Å². The van der Waals surface area contributed by atoms with Gasteiger partial charge in [-0.1, -0.05) is 17.7 Å². The molecule has 0 fully saturated rings. The van der Waals surface area contributed by atoms with Crippen LogP contribution in [0.5, 0.6) is 5.75 Å². The molecule has 1 heterocycles. The number of benzene rings is 3. The highest BCUT2D eigenvalue weighted by Gasteiger charge is 2.18. The molecule has 0 bridgehead atoms. The van der Waals surface area contributed by atoms with Crippen molar-refractivity contribution in [2.45, 2.75) is 0 Å². The zero-order valence-corrected chi connectivity index (χ0v) is 20.7. The van der Waals surface area contributed by atoms with Gasteiger partial charge >= 0.3 is 5.97 Å². The summed E-state index contributed by atoms with van der Waals surface area (Å²) in [7, 11) is 5.26. The predicted octanol–water partition coefficient (Wildman–Crippen LogP) is 6.21. The average molecular weight is 502 g/mol. The highest BCUT2D eigenvalue weighted by atomic mass is 35.5. The van der Waals surface area contributed by atoms with Crippen molar-refractivity contribution in [2.75, 3.05) is 31.0 Å². The Labute approximate surface area is 214 Å². The van der Waals surface area contributed by atoms with E-state index in [1.165, 1.54) is 12.1 Å². The van der Waals surface area contributed by atoms with Gasteiger partial charge < -0.3 is 19.6 Å². The van der Waals surface area contributed by atoms with E-state index < -0.39 is 5.97 Å². The Bertz CT molecular complexity index is 1410. The number of methoxy groups -OCH3 is 1. The maximum absolute atomic E-state index is 13.3. The molecule has 0 aliphatic rings. The average Bonchev–Trinajstić information content (AvgIpc) is 2.92. The first kappa shape index (κ1) is 24.8. The summed E-state index contributed by atoms with van der Waals surface area (Å²) in [5.74, 6) is -0.838. The van der Waals surface area contributed by atoms with Gasteiger partial charge in [0.1, 0.15) is 11.4 Å². The summed E-state index contributed by atoms with van der Waals surface area (Å²) in [4.78, 5) is 33.2. The molecule has 1 N–H and O–H groups in total. The maximum Gasteiger partial charge on any atom is 0.335 e. The Balaban J connectivity index is 1.64. The molecule has 4 rings (SSSR count). The highest BCUT2D eigenvalue weighted by Crippen LogP contribution is 2.30. The quantitative estimate of drug-likeness (QED) is 0.287. The van der Waals surface area contributed by atoms with E-state index in [4.69, 9.17) is 16.3 Å². The van der Waals surface area contributed by atoms with E-state index in [2.05, 4.69) is 4.98 Å². The number of aromatic carboxylic acids is 1. The third-order valence-corrected chi connectivity index (χ3v) is 6.09. The lowest BCUT2D eigenvalue weighted by molar-refractivity contribution is 0.0697. The topological polar surface area (TPSA) is 83.0 Å². The van der Waals surface area contributed by atoms with Crippen LogP contribution in [-0.4, -0.2) is 43.0 Å². The second kappa shape index (κ2) is 10.5. The lowest BCUT2D eigenvalue weighted by atomic mass is 10.0. The summed E-state index contributed by atoms with van der Waals surface area (Å²) in [6.45, 7) is 0. The Morgan fingerprint density at radius 2 is 1.47 bits per heavy atom. The number of carbonyl (C=O) groups is 2. The molecule has 0 amide bonds. The summed E-state index contributed by atoms with van der Waals surface area (Å²) in [6.07, 6.45) is 1.60. The summed E-state index contributed by atoms with van der Waals surface area (Å²) in [6, 6.07) is 22.7.